The van der Waals surface area contributed by atoms with Crippen molar-refractivity contribution in [3.05, 3.63) is 60.2 Å². The number of rotatable bonds is 11. The molecule has 0 fully saturated rings. The lowest BCUT2D eigenvalue weighted by Crippen LogP contribution is -2.45. The van der Waals surface area contributed by atoms with Gasteiger partial charge in [0.25, 0.3) is 5.91 Å². The number of carbonyl (C=O) groups excluding carboxylic acids is 2. The maximum Gasteiger partial charge on any atom is 0.329 e. The smallest absolute Gasteiger partial charge is 0.329 e. The van der Waals surface area contributed by atoms with Crippen molar-refractivity contribution in [2.24, 2.45) is 0 Å². The van der Waals surface area contributed by atoms with Crippen molar-refractivity contribution in [1.29, 1.82) is 0 Å². The first-order chi connectivity index (χ1) is 14.5. The molecule has 0 aromatic heterocycles. The second-order valence-electron chi connectivity index (χ2n) is 6.84. The van der Waals surface area contributed by atoms with Crippen LogP contribution in [-0.2, 0) is 9.53 Å². The summed E-state index contributed by atoms with van der Waals surface area (Å²) < 4.78 is 11.0. The first kappa shape index (κ1) is 23.4. The highest BCUT2D eigenvalue weighted by molar-refractivity contribution is 6.09. The molecule has 2 aromatic carbocycles. The van der Waals surface area contributed by atoms with Gasteiger partial charge in [0, 0.05) is 17.8 Å². The fourth-order valence-electron chi connectivity index (χ4n) is 3.15. The van der Waals surface area contributed by atoms with E-state index in [0.717, 1.165) is 13.1 Å². The van der Waals surface area contributed by atoms with Crippen molar-refractivity contribution in [3.63, 3.8) is 0 Å². The molecule has 2 aromatic rings. The van der Waals surface area contributed by atoms with Gasteiger partial charge in [0.1, 0.15) is 18.4 Å². The third-order valence-corrected chi connectivity index (χ3v) is 4.94. The van der Waals surface area contributed by atoms with Crippen molar-refractivity contribution in [2.45, 2.75) is 33.7 Å². The Labute approximate surface area is 179 Å². The Hall–Kier alpha value is -2.86. The number of anilines is 1. The number of likely N-dealkylation sites (N-methyl/N-ethyl adjacent to an activating group) is 1. The third kappa shape index (κ3) is 6.32. The number of benzene rings is 2. The lowest BCUT2D eigenvalue weighted by molar-refractivity contribution is -0.145. The Morgan fingerprint density at radius 1 is 0.933 bits per heavy atom. The van der Waals surface area contributed by atoms with E-state index < -0.39 is 12.0 Å². The van der Waals surface area contributed by atoms with Gasteiger partial charge < -0.3 is 14.4 Å². The molecule has 6 heteroatoms. The third-order valence-electron chi connectivity index (χ3n) is 4.94. The minimum absolute atomic E-state index is 0.257. The van der Waals surface area contributed by atoms with Crippen molar-refractivity contribution >= 4 is 17.6 Å². The van der Waals surface area contributed by atoms with Gasteiger partial charge in [-0.3, -0.25) is 9.69 Å². The molecular formula is C24H32N2O4. The Kier molecular flexibility index (Phi) is 9.35. The molecule has 0 saturated carbocycles. The molecular weight excluding hydrogens is 380 g/mol. The zero-order valence-corrected chi connectivity index (χ0v) is 18.3. The SMILES string of the molecule is CCOc1ccc(N(C(=O)c2ccccc2)C(C)C(=O)OCCN(CC)CC)cc1. The standard InChI is InChI=1S/C24H32N2O4/c1-5-25(6-2)17-18-30-24(28)19(4)26(23(27)20-11-9-8-10-12-20)21-13-15-22(16-14-21)29-7-3/h8-16,19H,5-7,17-18H2,1-4H3. The number of carbonyl (C=O) groups is 2. The van der Waals surface area contributed by atoms with Crippen molar-refractivity contribution < 1.29 is 19.1 Å². The van der Waals surface area contributed by atoms with E-state index in [-0.39, 0.29) is 5.91 Å². The van der Waals surface area contributed by atoms with E-state index in [9.17, 15) is 9.59 Å². The summed E-state index contributed by atoms with van der Waals surface area (Å²) in [4.78, 5) is 29.7. The molecule has 1 atom stereocenters. The maximum atomic E-state index is 13.3. The van der Waals surface area contributed by atoms with Gasteiger partial charge in [-0.1, -0.05) is 32.0 Å². The molecule has 0 aliphatic rings. The van der Waals surface area contributed by atoms with Crippen LogP contribution >= 0.6 is 0 Å². The average Bonchev–Trinajstić information content (AvgIpc) is 2.78. The Morgan fingerprint density at radius 3 is 2.13 bits per heavy atom. The topological polar surface area (TPSA) is 59.1 Å². The summed E-state index contributed by atoms with van der Waals surface area (Å²) in [6.45, 7) is 11.1. The van der Waals surface area contributed by atoms with Gasteiger partial charge in [-0.25, -0.2) is 4.79 Å². The van der Waals surface area contributed by atoms with Gasteiger partial charge >= 0.3 is 5.97 Å². The van der Waals surface area contributed by atoms with E-state index in [1.165, 1.54) is 4.90 Å². The quantitative estimate of drug-likeness (QED) is 0.522. The number of amides is 1. The lowest BCUT2D eigenvalue weighted by Gasteiger charge is -2.28. The van der Waals surface area contributed by atoms with Crippen LogP contribution in [0.25, 0.3) is 0 Å². The van der Waals surface area contributed by atoms with Crippen LogP contribution in [0.5, 0.6) is 5.75 Å². The van der Waals surface area contributed by atoms with Crippen LogP contribution in [0.1, 0.15) is 38.1 Å². The fourth-order valence-corrected chi connectivity index (χ4v) is 3.15. The van der Waals surface area contributed by atoms with E-state index in [2.05, 4.69) is 18.7 Å². The molecule has 162 valence electrons. The summed E-state index contributed by atoms with van der Waals surface area (Å²) in [6.07, 6.45) is 0. The molecule has 0 saturated heterocycles. The van der Waals surface area contributed by atoms with Crippen molar-refractivity contribution in [1.82, 2.24) is 4.90 Å². The van der Waals surface area contributed by atoms with Crippen LogP contribution in [-0.4, -0.2) is 55.7 Å². The Balaban J connectivity index is 2.21. The largest absolute Gasteiger partial charge is 0.494 e. The summed E-state index contributed by atoms with van der Waals surface area (Å²) in [6, 6.07) is 15.3. The van der Waals surface area contributed by atoms with E-state index >= 15 is 0 Å². The lowest BCUT2D eigenvalue weighted by atomic mass is 10.1. The van der Waals surface area contributed by atoms with Gasteiger partial charge in [-0.05, 0) is 63.3 Å². The molecule has 0 radical (unpaired) electrons. The van der Waals surface area contributed by atoms with Crippen molar-refractivity contribution in [2.75, 3.05) is 37.7 Å². The Morgan fingerprint density at radius 2 is 1.57 bits per heavy atom. The molecule has 0 heterocycles. The molecule has 30 heavy (non-hydrogen) atoms. The first-order valence-electron chi connectivity index (χ1n) is 10.5. The van der Waals surface area contributed by atoms with E-state index in [1.54, 1.807) is 55.5 Å². The first-order valence-corrected chi connectivity index (χ1v) is 10.5. The van der Waals surface area contributed by atoms with Gasteiger partial charge in [0.05, 0.1) is 6.61 Å². The second kappa shape index (κ2) is 12.0. The molecule has 2 rings (SSSR count). The number of esters is 1. The highest BCUT2D eigenvalue weighted by atomic mass is 16.5. The maximum absolute atomic E-state index is 13.3. The molecule has 0 spiro atoms. The normalized spacial score (nSPS) is 11.8. The van der Waals surface area contributed by atoms with Gasteiger partial charge in [-0.15, -0.1) is 0 Å². The average molecular weight is 413 g/mol. The molecule has 6 nitrogen and oxygen atoms in total. The minimum atomic E-state index is -0.771. The second-order valence-corrected chi connectivity index (χ2v) is 6.84. The summed E-state index contributed by atoms with van der Waals surface area (Å²) in [5, 5.41) is 0. The zero-order valence-electron chi connectivity index (χ0n) is 18.3. The predicted molar refractivity (Wildman–Crippen MR) is 119 cm³/mol. The summed E-state index contributed by atoms with van der Waals surface area (Å²) in [5.74, 6) is 0.0242. The van der Waals surface area contributed by atoms with E-state index in [4.69, 9.17) is 9.47 Å². The van der Waals surface area contributed by atoms with Crippen LogP contribution < -0.4 is 9.64 Å². The Bertz CT molecular complexity index is 789. The highest BCUT2D eigenvalue weighted by Crippen LogP contribution is 2.24. The zero-order chi connectivity index (χ0) is 21.9. The van der Waals surface area contributed by atoms with Gasteiger partial charge in [0.2, 0.25) is 0 Å². The van der Waals surface area contributed by atoms with Crippen LogP contribution in [0.2, 0.25) is 0 Å². The summed E-state index contributed by atoms with van der Waals surface area (Å²) in [5.41, 5.74) is 1.12. The van der Waals surface area contributed by atoms with E-state index in [1.807, 2.05) is 13.0 Å². The van der Waals surface area contributed by atoms with Gasteiger partial charge in [0.15, 0.2) is 0 Å². The van der Waals surface area contributed by atoms with E-state index in [0.29, 0.717) is 36.8 Å². The van der Waals surface area contributed by atoms with Gasteiger partial charge in [-0.2, -0.15) is 0 Å². The molecule has 0 aliphatic carbocycles. The number of hydrogen-bond acceptors (Lipinski definition) is 5. The summed E-state index contributed by atoms with van der Waals surface area (Å²) >= 11 is 0. The number of ether oxygens (including phenoxy) is 2. The molecule has 0 N–H and O–H groups in total. The van der Waals surface area contributed by atoms with Crippen molar-refractivity contribution in [3.8, 4) is 5.75 Å². The molecule has 0 aliphatic heterocycles. The molecule has 1 unspecified atom stereocenters. The number of nitrogens with zero attached hydrogens (tertiary/aromatic N) is 2. The molecule has 1 amide bonds. The number of hydrogen-bond donors (Lipinski definition) is 0. The van der Waals surface area contributed by atoms with Crippen LogP contribution in [0.4, 0.5) is 5.69 Å². The monoisotopic (exact) mass is 412 g/mol. The minimum Gasteiger partial charge on any atom is -0.494 e. The fraction of sp³-hybridized carbons (Fsp3) is 0.417. The summed E-state index contributed by atoms with van der Waals surface area (Å²) in [7, 11) is 0. The predicted octanol–water partition coefficient (Wildman–Crippen LogP) is 4.01. The van der Waals surface area contributed by atoms with Crippen LogP contribution in [0, 0.1) is 0 Å². The highest BCUT2D eigenvalue weighted by Gasteiger charge is 2.29. The van der Waals surface area contributed by atoms with Crippen LogP contribution in [0.3, 0.4) is 0 Å². The van der Waals surface area contributed by atoms with Crippen LogP contribution in [0.15, 0.2) is 54.6 Å². The molecule has 0 bridgehead atoms.